The third-order valence-corrected chi connectivity index (χ3v) is 4.76. The quantitative estimate of drug-likeness (QED) is 0.705. The molecule has 0 spiro atoms. The van der Waals surface area contributed by atoms with E-state index < -0.39 is 23.5 Å². The number of carbonyl (C=O) groups is 1. The Morgan fingerprint density at radius 1 is 1.04 bits per heavy atom. The summed E-state index contributed by atoms with van der Waals surface area (Å²) in [5.41, 5.74) is -6.15. The van der Waals surface area contributed by atoms with Crippen LogP contribution in [0, 0.1) is 0 Å². The lowest BCUT2D eigenvalue weighted by Crippen LogP contribution is -2.53. The second kappa shape index (κ2) is 8.18. The topological polar surface area (TPSA) is 43.8 Å². The SMILES string of the molecule is CCCCN(C(=O)N1CCCC1)c1ccc(C(O)(C(F)(F)F)C(F)(F)F)cc1. The molecule has 0 atom stereocenters. The number of carbonyl (C=O) groups excluding carboxylic acids is 1. The Morgan fingerprint density at radius 2 is 1.54 bits per heavy atom. The molecule has 28 heavy (non-hydrogen) atoms. The maximum absolute atomic E-state index is 13.0. The van der Waals surface area contributed by atoms with Gasteiger partial charge in [-0.25, -0.2) is 4.79 Å². The molecule has 0 unspecified atom stereocenters. The standard InChI is InChI=1S/C18H22F6N2O2/c1-2-3-12-26(15(27)25-10-4-5-11-25)14-8-6-13(7-9-14)16(28,17(19,20)21)18(22,23)24/h6-9,28H,2-5,10-12H2,1H3. The predicted molar refractivity (Wildman–Crippen MR) is 90.9 cm³/mol. The molecule has 158 valence electrons. The van der Waals surface area contributed by atoms with Gasteiger partial charge in [-0.1, -0.05) is 25.5 Å². The summed E-state index contributed by atoms with van der Waals surface area (Å²) in [5.74, 6) is 0. The third kappa shape index (κ3) is 4.21. The van der Waals surface area contributed by atoms with E-state index in [2.05, 4.69) is 0 Å². The summed E-state index contributed by atoms with van der Waals surface area (Å²) < 4.78 is 78.0. The Kier molecular flexibility index (Phi) is 6.52. The first-order chi connectivity index (χ1) is 12.9. The first-order valence-electron chi connectivity index (χ1n) is 8.96. The number of benzene rings is 1. The van der Waals surface area contributed by atoms with E-state index >= 15 is 0 Å². The van der Waals surface area contributed by atoms with E-state index in [9.17, 15) is 36.2 Å². The van der Waals surface area contributed by atoms with E-state index in [0.29, 0.717) is 31.6 Å². The number of rotatable bonds is 5. The largest absolute Gasteiger partial charge is 0.430 e. The van der Waals surface area contributed by atoms with Crippen LogP contribution in [-0.4, -0.2) is 48.0 Å². The van der Waals surface area contributed by atoms with E-state index in [-0.39, 0.29) is 18.3 Å². The molecule has 1 aliphatic heterocycles. The van der Waals surface area contributed by atoms with Crippen molar-refractivity contribution in [3.05, 3.63) is 29.8 Å². The van der Waals surface area contributed by atoms with Gasteiger partial charge in [0.25, 0.3) is 5.60 Å². The number of nitrogens with zero attached hydrogens (tertiary/aromatic N) is 2. The van der Waals surface area contributed by atoms with E-state index in [4.69, 9.17) is 0 Å². The van der Waals surface area contributed by atoms with Crippen molar-refractivity contribution in [1.82, 2.24) is 4.90 Å². The van der Waals surface area contributed by atoms with Crippen molar-refractivity contribution in [2.45, 2.75) is 50.6 Å². The van der Waals surface area contributed by atoms with Gasteiger partial charge in [-0.15, -0.1) is 0 Å². The van der Waals surface area contributed by atoms with Gasteiger partial charge in [-0.05, 0) is 31.4 Å². The average Bonchev–Trinajstić information content (AvgIpc) is 3.14. The minimum absolute atomic E-state index is 0.181. The van der Waals surface area contributed by atoms with Crippen LogP contribution < -0.4 is 4.90 Å². The molecular formula is C18H22F6N2O2. The molecular weight excluding hydrogens is 390 g/mol. The molecule has 0 bridgehead atoms. The number of aliphatic hydroxyl groups is 1. The van der Waals surface area contributed by atoms with Crippen LogP contribution >= 0.6 is 0 Å². The fraction of sp³-hybridized carbons (Fsp3) is 0.611. The highest BCUT2D eigenvalue weighted by Crippen LogP contribution is 2.50. The van der Waals surface area contributed by atoms with Crippen molar-refractivity contribution in [2.75, 3.05) is 24.5 Å². The van der Waals surface area contributed by atoms with Gasteiger partial charge in [0, 0.05) is 30.9 Å². The lowest BCUT2D eigenvalue weighted by atomic mass is 9.92. The Bertz CT molecular complexity index is 652. The van der Waals surface area contributed by atoms with Crippen LogP contribution in [-0.2, 0) is 5.60 Å². The zero-order valence-electron chi connectivity index (χ0n) is 15.3. The second-order valence-electron chi connectivity index (χ2n) is 6.73. The van der Waals surface area contributed by atoms with Gasteiger partial charge in [-0.2, -0.15) is 26.3 Å². The molecule has 1 N–H and O–H groups in total. The summed E-state index contributed by atoms with van der Waals surface area (Å²) in [6, 6.07) is 2.79. The molecule has 0 radical (unpaired) electrons. The van der Waals surface area contributed by atoms with Crippen molar-refractivity contribution >= 4 is 11.7 Å². The van der Waals surface area contributed by atoms with Gasteiger partial charge in [0.1, 0.15) is 0 Å². The molecule has 1 heterocycles. The zero-order valence-corrected chi connectivity index (χ0v) is 15.3. The lowest BCUT2D eigenvalue weighted by molar-refractivity contribution is -0.376. The van der Waals surface area contributed by atoms with E-state index in [1.54, 1.807) is 4.90 Å². The molecule has 0 saturated carbocycles. The second-order valence-corrected chi connectivity index (χ2v) is 6.73. The van der Waals surface area contributed by atoms with Gasteiger partial charge < -0.3 is 10.0 Å². The minimum atomic E-state index is -5.94. The van der Waals surface area contributed by atoms with E-state index in [1.165, 1.54) is 4.90 Å². The van der Waals surface area contributed by atoms with Crippen LogP contribution in [0.5, 0.6) is 0 Å². The maximum atomic E-state index is 13.0. The summed E-state index contributed by atoms with van der Waals surface area (Å²) in [5, 5.41) is 9.47. The molecule has 0 aliphatic carbocycles. The summed E-state index contributed by atoms with van der Waals surface area (Å²) in [4.78, 5) is 15.6. The van der Waals surface area contributed by atoms with Gasteiger partial charge >= 0.3 is 18.4 Å². The number of hydrogen-bond donors (Lipinski definition) is 1. The monoisotopic (exact) mass is 412 g/mol. The van der Waals surface area contributed by atoms with Crippen molar-refractivity contribution in [2.24, 2.45) is 0 Å². The van der Waals surface area contributed by atoms with Crippen LogP contribution in [0.15, 0.2) is 24.3 Å². The molecule has 2 amide bonds. The fourth-order valence-electron chi connectivity index (χ4n) is 3.10. The maximum Gasteiger partial charge on any atom is 0.430 e. The van der Waals surface area contributed by atoms with Crippen LogP contribution in [0.1, 0.15) is 38.2 Å². The predicted octanol–water partition coefficient (Wildman–Crippen LogP) is 4.82. The van der Waals surface area contributed by atoms with Crippen LogP contribution in [0.2, 0.25) is 0 Å². The van der Waals surface area contributed by atoms with Crippen molar-refractivity contribution < 1.29 is 36.2 Å². The Labute approximate surface area is 158 Å². The van der Waals surface area contributed by atoms with Gasteiger partial charge in [0.2, 0.25) is 0 Å². The third-order valence-electron chi connectivity index (χ3n) is 4.76. The van der Waals surface area contributed by atoms with Crippen molar-refractivity contribution in [1.29, 1.82) is 0 Å². The highest BCUT2D eigenvalue weighted by Gasteiger charge is 2.71. The van der Waals surface area contributed by atoms with E-state index in [0.717, 1.165) is 31.4 Å². The number of likely N-dealkylation sites (tertiary alicyclic amines) is 1. The smallest absolute Gasteiger partial charge is 0.369 e. The highest BCUT2D eigenvalue weighted by molar-refractivity contribution is 5.92. The Balaban J connectivity index is 2.37. The number of anilines is 1. The minimum Gasteiger partial charge on any atom is -0.369 e. The van der Waals surface area contributed by atoms with Crippen molar-refractivity contribution in [3.8, 4) is 0 Å². The first-order valence-corrected chi connectivity index (χ1v) is 8.96. The van der Waals surface area contributed by atoms with Crippen LogP contribution in [0.25, 0.3) is 0 Å². The number of hydrogen-bond acceptors (Lipinski definition) is 2. The summed E-state index contributed by atoms with van der Waals surface area (Å²) in [7, 11) is 0. The normalized spacial score (nSPS) is 15.8. The van der Waals surface area contributed by atoms with Gasteiger partial charge in [-0.3, -0.25) is 4.90 Å². The molecule has 4 nitrogen and oxygen atoms in total. The molecule has 10 heteroatoms. The first kappa shape index (κ1) is 22.3. The fourth-order valence-corrected chi connectivity index (χ4v) is 3.10. The number of halogens is 6. The van der Waals surface area contributed by atoms with Crippen LogP contribution in [0.4, 0.5) is 36.8 Å². The number of urea groups is 1. The van der Waals surface area contributed by atoms with E-state index in [1.807, 2.05) is 6.92 Å². The summed E-state index contributed by atoms with van der Waals surface area (Å²) in [6.45, 7) is 3.30. The molecule has 1 fully saturated rings. The van der Waals surface area contributed by atoms with Gasteiger partial charge in [0.15, 0.2) is 0 Å². The Morgan fingerprint density at radius 3 is 1.96 bits per heavy atom. The summed E-state index contributed by atoms with van der Waals surface area (Å²) >= 11 is 0. The number of alkyl halides is 6. The van der Waals surface area contributed by atoms with Crippen molar-refractivity contribution in [3.63, 3.8) is 0 Å². The highest BCUT2D eigenvalue weighted by atomic mass is 19.4. The average molecular weight is 412 g/mol. The molecule has 2 rings (SSSR count). The number of unbranched alkanes of at least 4 members (excludes halogenated alkanes) is 1. The lowest BCUT2D eigenvalue weighted by Gasteiger charge is -2.33. The zero-order chi connectivity index (χ0) is 21.2. The number of amides is 2. The molecule has 1 aromatic carbocycles. The molecule has 1 saturated heterocycles. The summed E-state index contributed by atoms with van der Waals surface area (Å²) in [6.07, 6.45) is -8.83. The molecule has 1 aliphatic rings. The molecule has 1 aromatic rings. The molecule has 0 aromatic heterocycles. The van der Waals surface area contributed by atoms with Crippen LogP contribution in [0.3, 0.4) is 0 Å². The van der Waals surface area contributed by atoms with Gasteiger partial charge in [0.05, 0.1) is 0 Å². The Hall–Kier alpha value is -1.97.